The highest BCUT2D eigenvalue weighted by molar-refractivity contribution is 8.00. The van der Waals surface area contributed by atoms with E-state index in [-0.39, 0.29) is 5.25 Å². The van der Waals surface area contributed by atoms with Gasteiger partial charge in [0, 0.05) is 10.9 Å². The fourth-order valence-electron chi connectivity index (χ4n) is 2.14. The Kier molecular flexibility index (Phi) is 3.33. The van der Waals surface area contributed by atoms with Crippen LogP contribution in [0.5, 0.6) is 0 Å². The van der Waals surface area contributed by atoms with Crippen LogP contribution in [0.3, 0.4) is 0 Å². The summed E-state index contributed by atoms with van der Waals surface area (Å²) >= 11 is 1.71. The number of anilines is 1. The average molecular weight is 251 g/mol. The van der Waals surface area contributed by atoms with Gasteiger partial charge in [-0.15, -0.1) is 0 Å². The number of aliphatic carboxylic acids is 1. The molecule has 17 heavy (non-hydrogen) atoms. The van der Waals surface area contributed by atoms with E-state index >= 15 is 0 Å². The van der Waals surface area contributed by atoms with Crippen LogP contribution in [0.1, 0.15) is 18.9 Å². The molecule has 2 atom stereocenters. The maximum absolute atomic E-state index is 11.5. The lowest BCUT2D eigenvalue weighted by Gasteiger charge is -2.30. The van der Waals surface area contributed by atoms with Crippen molar-refractivity contribution in [1.29, 1.82) is 0 Å². The van der Waals surface area contributed by atoms with E-state index < -0.39 is 11.5 Å². The van der Waals surface area contributed by atoms with E-state index in [1.165, 1.54) is 5.56 Å². The Bertz CT molecular complexity index is 418. The third-order valence-corrected chi connectivity index (χ3v) is 4.70. The van der Waals surface area contributed by atoms with Crippen LogP contribution in [-0.2, 0) is 4.79 Å². The van der Waals surface area contributed by atoms with Crippen LogP contribution in [0.4, 0.5) is 5.69 Å². The lowest BCUT2D eigenvalue weighted by molar-refractivity contribution is -0.142. The predicted octanol–water partition coefficient (Wildman–Crippen LogP) is 2.76. The van der Waals surface area contributed by atoms with Crippen molar-refractivity contribution < 1.29 is 9.90 Å². The van der Waals surface area contributed by atoms with Crippen LogP contribution >= 0.6 is 11.8 Å². The Morgan fingerprint density at radius 2 is 2.12 bits per heavy atom. The van der Waals surface area contributed by atoms with Gasteiger partial charge in [-0.3, -0.25) is 0 Å². The second-order valence-electron chi connectivity index (χ2n) is 4.53. The first-order chi connectivity index (χ1) is 8.04. The van der Waals surface area contributed by atoms with E-state index in [0.29, 0.717) is 6.42 Å². The van der Waals surface area contributed by atoms with Gasteiger partial charge in [0.05, 0.1) is 0 Å². The molecule has 2 unspecified atom stereocenters. The molecule has 1 fully saturated rings. The van der Waals surface area contributed by atoms with E-state index in [4.69, 9.17) is 0 Å². The molecule has 0 spiro atoms. The van der Waals surface area contributed by atoms with Gasteiger partial charge >= 0.3 is 5.97 Å². The minimum Gasteiger partial charge on any atom is -0.479 e. The lowest BCUT2D eigenvalue weighted by Crippen LogP contribution is -2.50. The minimum absolute atomic E-state index is 0.0845. The van der Waals surface area contributed by atoms with E-state index in [2.05, 4.69) is 5.32 Å². The number of carboxylic acid groups (broad SMARTS) is 1. The third kappa shape index (κ3) is 2.27. The summed E-state index contributed by atoms with van der Waals surface area (Å²) in [5, 5.41) is 12.8. The third-order valence-electron chi connectivity index (χ3n) is 3.36. The second-order valence-corrected chi connectivity index (χ2v) is 5.98. The van der Waals surface area contributed by atoms with E-state index in [9.17, 15) is 9.90 Å². The standard InChI is InChI=1S/C13H17NO2S/c1-9-3-5-11(6-4-9)14-13(12(15)16)7-8-17-10(13)2/h3-6,10,14H,7-8H2,1-2H3,(H,15,16). The molecule has 1 heterocycles. The minimum atomic E-state index is -0.820. The second kappa shape index (κ2) is 4.61. The summed E-state index contributed by atoms with van der Waals surface area (Å²) in [4.78, 5) is 11.5. The smallest absolute Gasteiger partial charge is 0.330 e. The monoisotopic (exact) mass is 251 g/mol. The SMILES string of the molecule is Cc1ccc(NC2(C(=O)O)CCSC2C)cc1. The normalized spacial score (nSPS) is 28.0. The van der Waals surface area contributed by atoms with Crippen LogP contribution in [0.15, 0.2) is 24.3 Å². The molecule has 0 aromatic heterocycles. The fourth-order valence-corrected chi connectivity index (χ4v) is 3.49. The maximum atomic E-state index is 11.5. The molecule has 2 N–H and O–H groups in total. The predicted molar refractivity (Wildman–Crippen MR) is 71.7 cm³/mol. The first-order valence-corrected chi connectivity index (χ1v) is 6.79. The van der Waals surface area contributed by atoms with Crippen molar-refractivity contribution in [2.24, 2.45) is 0 Å². The molecule has 1 aromatic carbocycles. The molecule has 1 aromatic rings. The van der Waals surface area contributed by atoms with Crippen LogP contribution in [0, 0.1) is 6.92 Å². The number of hydrogen-bond donors (Lipinski definition) is 2. The van der Waals surface area contributed by atoms with Crippen LogP contribution in [-0.4, -0.2) is 27.6 Å². The van der Waals surface area contributed by atoms with Gasteiger partial charge in [-0.1, -0.05) is 24.6 Å². The zero-order valence-corrected chi connectivity index (χ0v) is 10.9. The molecule has 4 heteroatoms. The number of nitrogens with one attached hydrogen (secondary N) is 1. The Hall–Kier alpha value is -1.16. The maximum Gasteiger partial charge on any atom is 0.330 e. The van der Waals surface area contributed by atoms with Crippen molar-refractivity contribution in [1.82, 2.24) is 0 Å². The molecule has 1 saturated heterocycles. The van der Waals surface area contributed by atoms with E-state index in [1.807, 2.05) is 38.1 Å². The van der Waals surface area contributed by atoms with E-state index in [1.54, 1.807) is 11.8 Å². The number of benzene rings is 1. The first kappa shape index (κ1) is 12.3. The summed E-state index contributed by atoms with van der Waals surface area (Å²) in [6.45, 7) is 4.00. The molecule has 0 aliphatic carbocycles. The summed E-state index contributed by atoms with van der Waals surface area (Å²) in [6, 6.07) is 7.86. The van der Waals surface area contributed by atoms with Crippen molar-refractivity contribution in [2.75, 3.05) is 11.1 Å². The number of aryl methyl sites for hydroxylation is 1. The van der Waals surface area contributed by atoms with Crippen molar-refractivity contribution in [2.45, 2.75) is 31.1 Å². The van der Waals surface area contributed by atoms with Gasteiger partial charge in [0.2, 0.25) is 0 Å². The highest BCUT2D eigenvalue weighted by Gasteiger charge is 2.47. The summed E-state index contributed by atoms with van der Waals surface area (Å²) in [6.07, 6.45) is 0.669. The topological polar surface area (TPSA) is 49.3 Å². The Balaban J connectivity index is 2.24. The fraction of sp³-hybridized carbons (Fsp3) is 0.462. The van der Waals surface area contributed by atoms with Crippen molar-refractivity contribution in [3.8, 4) is 0 Å². The quantitative estimate of drug-likeness (QED) is 0.867. The zero-order chi connectivity index (χ0) is 12.5. The number of carboxylic acids is 1. The molecule has 0 amide bonds. The summed E-state index contributed by atoms with van der Waals surface area (Å²) in [7, 11) is 0. The molecule has 1 aliphatic heterocycles. The van der Waals surface area contributed by atoms with Gasteiger partial charge in [0.25, 0.3) is 0 Å². The molecule has 1 aliphatic rings. The first-order valence-electron chi connectivity index (χ1n) is 5.74. The molecule has 2 rings (SSSR count). The largest absolute Gasteiger partial charge is 0.479 e. The van der Waals surface area contributed by atoms with Gasteiger partial charge in [0.15, 0.2) is 0 Å². The molecule has 0 bridgehead atoms. The number of carbonyl (C=O) groups is 1. The van der Waals surface area contributed by atoms with Gasteiger partial charge in [-0.25, -0.2) is 4.79 Å². The Morgan fingerprint density at radius 3 is 2.59 bits per heavy atom. The van der Waals surface area contributed by atoms with Crippen LogP contribution in [0.2, 0.25) is 0 Å². The molecule has 92 valence electrons. The van der Waals surface area contributed by atoms with E-state index in [0.717, 1.165) is 11.4 Å². The molecule has 0 saturated carbocycles. The number of hydrogen-bond acceptors (Lipinski definition) is 3. The van der Waals surface area contributed by atoms with Crippen molar-refractivity contribution >= 4 is 23.4 Å². The Morgan fingerprint density at radius 1 is 1.47 bits per heavy atom. The van der Waals surface area contributed by atoms with Gasteiger partial charge in [0.1, 0.15) is 5.54 Å². The molecular formula is C13H17NO2S. The van der Waals surface area contributed by atoms with Crippen molar-refractivity contribution in [3.63, 3.8) is 0 Å². The molecule has 3 nitrogen and oxygen atoms in total. The van der Waals surface area contributed by atoms with Crippen molar-refractivity contribution in [3.05, 3.63) is 29.8 Å². The zero-order valence-electron chi connectivity index (χ0n) is 10.1. The Labute approximate surface area is 106 Å². The summed E-state index contributed by atoms with van der Waals surface area (Å²) < 4.78 is 0. The summed E-state index contributed by atoms with van der Waals surface area (Å²) in [5.41, 5.74) is 1.24. The number of thioether (sulfide) groups is 1. The molecule has 0 radical (unpaired) electrons. The average Bonchev–Trinajstić information content (AvgIpc) is 2.65. The van der Waals surface area contributed by atoms with Crippen LogP contribution in [0.25, 0.3) is 0 Å². The summed E-state index contributed by atoms with van der Waals surface area (Å²) in [5.74, 6) is 0.141. The highest BCUT2D eigenvalue weighted by Crippen LogP contribution is 2.38. The van der Waals surface area contributed by atoms with Gasteiger partial charge < -0.3 is 10.4 Å². The highest BCUT2D eigenvalue weighted by atomic mass is 32.2. The lowest BCUT2D eigenvalue weighted by atomic mass is 9.92. The number of rotatable bonds is 3. The van der Waals surface area contributed by atoms with Crippen LogP contribution < -0.4 is 5.32 Å². The van der Waals surface area contributed by atoms with Gasteiger partial charge in [-0.05, 0) is 31.2 Å². The van der Waals surface area contributed by atoms with Gasteiger partial charge in [-0.2, -0.15) is 11.8 Å². The molecular weight excluding hydrogens is 234 g/mol.